The topological polar surface area (TPSA) is 93.5 Å². The van der Waals surface area contributed by atoms with Crippen molar-refractivity contribution in [2.75, 3.05) is 18.2 Å². The Balaban J connectivity index is 1.68. The molecule has 0 unspecified atom stereocenters. The molecule has 0 bridgehead atoms. The number of methoxy groups -OCH3 is 1. The van der Waals surface area contributed by atoms with Crippen LogP contribution >= 0.6 is 11.8 Å². The molecule has 3 rings (SSSR count). The summed E-state index contributed by atoms with van der Waals surface area (Å²) in [7, 11) is 1.59. The van der Waals surface area contributed by atoms with E-state index in [9.17, 15) is 9.59 Å². The Labute approximate surface area is 172 Å². The van der Waals surface area contributed by atoms with Crippen molar-refractivity contribution in [2.24, 2.45) is 0 Å². The standard InChI is InChI=1S/C21H21N3O4S/c1-13-20(29-12-19(25)22-16-6-10-18(28-3)11-7-16)14(2)24(23-13)17-8-4-15(5-9-17)21(26)27/h4-11H,12H2,1-3H3,(H,22,25)(H,26,27). The van der Waals surface area contributed by atoms with Crippen molar-refractivity contribution in [3.05, 3.63) is 65.5 Å². The lowest BCUT2D eigenvalue weighted by Gasteiger charge is -2.07. The number of hydrogen-bond donors (Lipinski definition) is 2. The lowest BCUT2D eigenvalue weighted by atomic mass is 10.2. The zero-order valence-corrected chi connectivity index (χ0v) is 17.1. The Morgan fingerprint density at radius 2 is 1.76 bits per heavy atom. The van der Waals surface area contributed by atoms with Gasteiger partial charge in [0.05, 0.1) is 40.4 Å². The second kappa shape index (κ2) is 8.83. The Kier molecular flexibility index (Phi) is 6.23. The van der Waals surface area contributed by atoms with Gasteiger partial charge in [-0.3, -0.25) is 4.79 Å². The molecule has 0 saturated carbocycles. The van der Waals surface area contributed by atoms with E-state index in [4.69, 9.17) is 9.84 Å². The molecule has 0 spiro atoms. The molecule has 0 saturated heterocycles. The lowest BCUT2D eigenvalue weighted by molar-refractivity contribution is -0.113. The highest BCUT2D eigenvalue weighted by molar-refractivity contribution is 8.00. The third kappa shape index (κ3) is 4.78. The zero-order valence-electron chi connectivity index (χ0n) is 16.3. The van der Waals surface area contributed by atoms with Crippen LogP contribution in [0.15, 0.2) is 53.4 Å². The van der Waals surface area contributed by atoms with Crippen molar-refractivity contribution in [2.45, 2.75) is 18.7 Å². The second-order valence-electron chi connectivity index (χ2n) is 6.33. The number of nitrogens with one attached hydrogen (secondary N) is 1. The summed E-state index contributed by atoms with van der Waals surface area (Å²) in [6, 6.07) is 13.7. The number of aromatic carboxylic acids is 1. The van der Waals surface area contributed by atoms with Crippen molar-refractivity contribution < 1.29 is 19.4 Å². The van der Waals surface area contributed by atoms with E-state index < -0.39 is 5.97 Å². The maximum Gasteiger partial charge on any atom is 0.335 e. The molecule has 1 aromatic heterocycles. The molecular formula is C21H21N3O4S. The summed E-state index contributed by atoms with van der Waals surface area (Å²) in [5.41, 5.74) is 3.41. The molecule has 0 aliphatic rings. The number of carboxylic acid groups (broad SMARTS) is 1. The van der Waals surface area contributed by atoms with Gasteiger partial charge in [0.15, 0.2) is 0 Å². The van der Waals surface area contributed by atoms with Gasteiger partial charge in [-0.2, -0.15) is 5.10 Å². The van der Waals surface area contributed by atoms with Crippen LogP contribution in [0.3, 0.4) is 0 Å². The number of amides is 1. The quantitative estimate of drug-likeness (QED) is 0.572. The minimum Gasteiger partial charge on any atom is -0.497 e. The van der Waals surface area contributed by atoms with Gasteiger partial charge in [0.2, 0.25) is 5.91 Å². The highest BCUT2D eigenvalue weighted by Gasteiger charge is 2.15. The predicted molar refractivity (Wildman–Crippen MR) is 112 cm³/mol. The van der Waals surface area contributed by atoms with Crippen LogP contribution in [0, 0.1) is 13.8 Å². The van der Waals surface area contributed by atoms with Crippen molar-refractivity contribution in [3.63, 3.8) is 0 Å². The number of carbonyl (C=O) groups excluding carboxylic acids is 1. The van der Waals surface area contributed by atoms with E-state index in [-0.39, 0.29) is 17.2 Å². The van der Waals surface area contributed by atoms with E-state index in [1.165, 1.54) is 11.8 Å². The Morgan fingerprint density at radius 3 is 2.34 bits per heavy atom. The monoisotopic (exact) mass is 411 g/mol. The average Bonchev–Trinajstić information content (AvgIpc) is 3.00. The number of carboxylic acids is 1. The van der Waals surface area contributed by atoms with Crippen LogP contribution in [0.25, 0.3) is 5.69 Å². The van der Waals surface area contributed by atoms with Crippen molar-refractivity contribution in [1.82, 2.24) is 9.78 Å². The fourth-order valence-electron chi connectivity index (χ4n) is 2.84. The number of aryl methyl sites for hydroxylation is 1. The Morgan fingerprint density at radius 1 is 1.10 bits per heavy atom. The highest BCUT2D eigenvalue weighted by Crippen LogP contribution is 2.28. The number of aromatic nitrogens is 2. The molecule has 0 aliphatic heterocycles. The molecule has 0 fully saturated rings. The van der Waals surface area contributed by atoms with Gasteiger partial charge in [0, 0.05) is 5.69 Å². The van der Waals surface area contributed by atoms with Gasteiger partial charge in [0.1, 0.15) is 5.75 Å². The molecule has 1 amide bonds. The first-order valence-corrected chi connectivity index (χ1v) is 9.84. The van der Waals surface area contributed by atoms with Crippen LogP contribution in [0.4, 0.5) is 5.69 Å². The van der Waals surface area contributed by atoms with Gasteiger partial charge in [-0.1, -0.05) is 0 Å². The van der Waals surface area contributed by atoms with Gasteiger partial charge in [-0.15, -0.1) is 11.8 Å². The molecule has 2 aromatic carbocycles. The van der Waals surface area contributed by atoms with Crippen LogP contribution in [0.5, 0.6) is 5.75 Å². The summed E-state index contributed by atoms with van der Waals surface area (Å²) in [5.74, 6) is -0.105. The summed E-state index contributed by atoms with van der Waals surface area (Å²) in [4.78, 5) is 24.2. The van der Waals surface area contributed by atoms with Crippen LogP contribution in [0.1, 0.15) is 21.7 Å². The number of carbonyl (C=O) groups is 2. The fourth-order valence-corrected chi connectivity index (χ4v) is 3.74. The number of benzene rings is 2. The van der Waals surface area contributed by atoms with Crippen LogP contribution < -0.4 is 10.1 Å². The van der Waals surface area contributed by atoms with Crippen molar-refractivity contribution in [1.29, 1.82) is 0 Å². The van der Waals surface area contributed by atoms with Crippen LogP contribution in [-0.2, 0) is 4.79 Å². The summed E-state index contributed by atoms with van der Waals surface area (Å²) < 4.78 is 6.86. The van der Waals surface area contributed by atoms with Gasteiger partial charge in [-0.25, -0.2) is 9.48 Å². The van der Waals surface area contributed by atoms with E-state index in [1.807, 2.05) is 13.8 Å². The number of ether oxygens (including phenoxy) is 1. The first-order valence-electron chi connectivity index (χ1n) is 8.85. The molecule has 3 aromatic rings. The minimum atomic E-state index is -0.968. The lowest BCUT2D eigenvalue weighted by Crippen LogP contribution is -2.14. The van der Waals surface area contributed by atoms with Gasteiger partial charge >= 0.3 is 5.97 Å². The van der Waals surface area contributed by atoms with Crippen molar-refractivity contribution >= 4 is 29.3 Å². The summed E-state index contributed by atoms with van der Waals surface area (Å²) in [6.07, 6.45) is 0. The van der Waals surface area contributed by atoms with E-state index in [2.05, 4.69) is 10.4 Å². The maximum absolute atomic E-state index is 12.3. The molecule has 150 valence electrons. The third-order valence-corrected chi connectivity index (χ3v) is 5.59. The largest absolute Gasteiger partial charge is 0.497 e. The number of nitrogens with zero attached hydrogens (tertiary/aromatic N) is 2. The third-order valence-electron chi connectivity index (χ3n) is 4.31. The van der Waals surface area contributed by atoms with Crippen molar-refractivity contribution in [3.8, 4) is 11.4 Å². The molecule has 0 radical (unpaired) electrons. The fraction of sp³-hybridized carbons (Fsp3) is 0.190. The summed E-state index contributed by atoms with van der Waals surface area (Å²) in [6.45, 7) is 3.81. The second-order valence-corrected chi connectivity index (χ2v) is 7.31. The van der Waals surface area contributed by atoms with E-state index in [0.717, 1.165) is 27.7 Å². The number of anilines is 1. The Bertz CT molecular complexity index is 1030. The van der Waals surface area contributed by atoms with E-state index in [1.54, 1.807) is 60.3 Å². The van der Waals surface area contributed by atoms with E-state index >= 15 is 0 Å². The van der Waals surface area contributed by atoms with Crippen LogP contribution in [0.2, 0.25) is 0 Å². The van der Waals surface area contributed by atoms with E-state index in [0.29, 0.717) is 5.69 Å². The minimum absolute atomic E-state index is 0.113. The predicted octanol–water partition coefficient (Wildman–Crippen LogP) is 3.93. The first kappa shape index (κ1) is 20.5. The molecule has 8 heteroatoms. The molecular weight excluding hydrogens is 390 g/mol. The zero-order chi connectivity index (χ0) is 21.0. The van der Waals surface area contributed by atoms with Gasteiger partial charge in [-0.05, 0) is 62.4 Å². The molecule has 2 N–H and O–H groups in total. The highest BCUT2D eigenvalue weighted by atomic mass is 32.2. The summed E-state index contributed by atoms with van der Waals surface area (Å²) in [5, 5.41) is 16.4. The number of thioether (sulfide) groups is 1. The molecule has 0 aliphatic carbocycles. The molecule has 29 heavy (non-hydrogen) atoms. The summed E-state index contributed by atoms with van der Waals surface area (Å²) >= 11 is 1.42. The number of rotatable bonds is 7. The first-order chi connectivity index (χ1) is 13.9. The van der Waals surface area contributed by atoms with Gasteiger partial charge in [0.25, 0.3) is 0 Å². The molecule has 1 heterocycles. The van der Waals surface area contributed by atoms with Gasteiger partial charge < -0.3 is 15.2 Å². The maximum atomic E-state index is 12.3. The SMILES string of the molecule is COc1ccc(NC(=O)CSc2c(C)nn(-c3ccc(C(=O)O)cc3)c2C)cc1. The average molecular weight is 411 g/mol. The van der Waals surface area contributed by atoms with Crippen LogP contribution in [-0.4, -0.2) is 39.6 Å². The molecule has 0 atom stereocenters. The normalized spacial score (nSPS) is 10.6. The smallest absolute Gasteiger partial charge is 0.335 e. The molecule has 7 nitrogen and oxygen atoms in total. The Hall–Kier alpha value is -3.26. The number of hydrogen-bond acceptors (Lipinski definition) is 5.